The maximum Gasteiger partial charge on any atom is 0.274 e. The molecule has 1 unspecified atom stereocenters. The topological polar surface area (TPSA) is 52.6 Å². The van der Waals surface area contributed by atoms with Crippen LogP contribution >= 0.6 is 11.8 Å². The smallest absolute Gasteiger partial charge is 0.274 e. The van der Waals surface area contributed by atoms with E-state index in [0.717, 1.165) is 11.4 Å². The van der Waals surface area contributed by atoms with Crippen molar-refractivity contribution in [1.82, 2.24) is 10.4 Å². The van der Waals surface area contributed by atoms with Gasteiger partial charge in [0.05, 0.1) is 11.9 Å². The standard InChI is InChI=1S/C12H14N2O2S/c1-9(14-5-6-17-8-14)10-3-2-4-11(7-10)12(15)13-16/h2-7,9,16H,8H2,1H3,(H,13,15). The number of nitrogens with one attached hydrogen (secondary N) is 1. The van der Waals surface area contributed by atoms with Crippen LogP contribution in [-0.4, -0.2) is 21.9 Å². The first-order valence-electron chi connectivity index (χ1n) is 5.31. The summed E-state index contributed by atoms with van der Waals surface area (Å²) >= 11 is 1.75. The molecule has 0 aromatic heterocycles. The van der Waals surface area contributed by atoms with Crippen LogP contribution in [0.25, 0.3) is 0 Å². The van der Waals surface area contributed by atoms with Crippen molar-refractivity contribution < 1.29 is 10.0 Å². The van der Waals surface area contributed by atoms with Crippen LogP contribution in [0.4, 0.5) is 0 Å². The molecular formula is C12H14N2O2S. The van der Waals surface area contributed by atoms with E-state index in [1.165, 1.54) is 0 Å². The molecule has 1 amide bonds. The van der Waals surface area contributed by atoms with Gasteiger partial charge in [-0.15, -0.1) is 11.8 Å². The molecule has 0 radical (unpaired) electrons. The van der Waals surface area contributed by atoms with Gasteiger partial charge in [-0.2, -0.15) is 0 Å². The molecule has 5 heteroatoms. The number of hydrogen-bond donors (Lipinski definition) is 2. The van der Waals surface area contributed by atoms with Crippen molar-refractivity contribution in [2.24, 2.45) is 0 Å². The predicted molar refractivity (Wildman–Crippen MR) is 67.5 cm³/mol. The van der Waals surface area contributed by atoms with Crippen molar-refractivity contribution >= 4 is 17.7 Å². The lowest BCUT2D eigenvalue weighted by atomic mass is 10.0. The fourth-order valence-electron chi connectivity index (χ4n) is 1.73. The van der Waals surface area contributed by atoms with Gasteiger partial charge in [0.15, 0.2) is 0 Å². The number of rotatable bonds is 3. The van der Waals surface area contributed by atoms with E-state index in [0.29, 0.717) is 5.56 Å². The second-order valence-electron chi connectivity index (χ2n) is 3.84. The van der Waals surface area contributed by atoms with Crippen LogP contribution < -0.4 is 5.48 Å². The first kappa shape index (κ1) is 12.0. The predicted octanol–water partition coefficient (Wildman–Crippen LogP) is 2.34. The third-order valence-corrected chi connectivity index (χ3v) is 3.56. The van der Waals surface area contributed by atoms with Crippen molar-refractivity contribution in [3.63, 3.8) is 0 Å². The normalized spacial score (nSPS) is 16.0. The number of carbonyl (C=O) groups excluding carboxylic acids is 1. The van der Waals surface area contributed by atoms with Crippen LogP contribution in [0, 0.1) is 0 Å². The Balaban J connectivity index is 2.20. The molecule has 2 rings (SSSR count). The average molecular weight is 250 g/mol. The quantitative estimate of drug-likeness (QED) is 0.638. The summed E-state index contributed by atoms with van der Waals surface area (Å²) in [6, 6.07) is 7.50. The molecule has 0 aliphatic carbocycles. The summed E-state index contributed by atoms with van der Waals surface area (Å²) in [5.74, 6) is 0.447. The van der Waals surface area contributed by atoms with Gasteiger partial charge in [-0.05, 0) is 30.0 Å². The van der Waals surface area contributed by atoms with Crippen LogP contribution in [0.5, 0.6) is 0 Å². The van der Waals surface area contributed by atoms with Crippen molar-refractivity contribution in [1.29, 1.82) is 0 Å². The van der Waals surface area contributed by atoms with Crippen molar-refractivity contribution in [3.8, 4) is 0 Å². The Labute approximate surface area is 104 Å². The number of nitrogens with zero attached hydrogens (tertiary/aromatic N) is 1. The summed E-state index contributed by atoms with van der Waals surface area (Å²) in [4.78, 5) is 13.5. The van der Waals surface area contributed by atoms with Crippen molar-refractivity contribution in [2.45, 2.75) is 13.0 Å². The minimum atomic E-state index is -0.481. The van der Waals surface area contributed by atoms with Crippen molar-refractivity contribution in [2.75, 3.05) is 5.88 Å². The molecular weight excluding hydrogens is 236 g/mol. The van der Waals surface area contributed by atoms with Gasteiger partial charge in [0.1, 0.15) is 0 Å². The summed E-state index contributed by atoms with van der Waals surface area (Å²) in [7, 11) is 0. The number of carbonyl (C=O) groups is 1. The third-order valence-electron chi connectivity index (χ3n) is 2.80. The van der Waals surface area contributed by atoms with E-state index in [9.17, 15) is 4.79 Å². The highest BCUT2D eigenvalue weighted by molar-refractivity contribution is 8.02. The molecule has 1 aliphatic heterocycles. The molecule has 0 saturated heterocycles. The molecule has 4 nitrogen and oxygen atoms in total. The fraction of sp³-hybridized carbons (Fsp3) is 0.250. The number of benzene rings is 1. The zero-order valence-corrected chi connectivity index (χ0v) is 10.3. The number of hydrogen-bond acceptors (Lipinski definition) is 4. The highest BCUT2D eigenvalue weighted by atomic mass is 32.2. The molecule has 1 aromatic carbocycles. The van der Waals surface area contributed by atoms with Gasteiger partial charge >= 0.3 is 0 Å². The summed E-state index contributed by atoms with van der Waals surface area (Å²) in [5, 5.41) is 10.7. The van der Waals surface area contributed by atoms with Crippen LogP contribution in [0.3, 0.4) is 0 Å². The van der Waals surface area contributed by atoms with E-state index in [1.807, 2.05) is 18.3 Å². The Kier molecular flexibility index (Phi) is 3.71. The van der Waals surface area contributed by atoms with E-state index < -0.39 is 5.91 Å². The summed E-state index contributed by atoms with van der Waals surface area (Å²) in [6.07, 6.45) is 2.05. The Morgan fingerprint density at radius 3 is 3.06 bits per heavy atom. The Hall–Kier alpha value is -1.46. The van der Waals surface area contributed by atoms with Gasteiger partial charge in [0.2, 0.25) is 0 Å². The largest absolute Gasteiger partial charge is 0.361 e. The molecule has 1 atom stereocenters. The van der Waals surface area contributed by atoms with Gasteiger partial charge < -0.3 is 4.90 Å². The summed E-state index contributed by atoms with van der Waals surface area (Å²) in [6.45, 7) is 2.09. The lowest BCUT2D eigenvalue weighted by molar-refractivity contribution is 0.0706. The zero-order valence-electron chi connectivity index (χ0n) is 9.46. The van der Waals surface area contributed by atoms with Crippen LogP contribution in [0.15, 0.2) is 35.9 Å². The lowest BCUT2D eigenvalue weighted by Gasteiger charge is -2.24. The van der Waals surface area contributed by atoms with E-state index in [-0.39, 0.29) is 6.04 Å². The SMILES string of the molecule is CC(c1cccc(C(=O)NO)c1)N1C=CSC1. The lowest BCUT2D eigenvalue weighted by Crippen LogP contribution is -2.21. The van der Waals surface area contributed by atoms with E-state index in [4.69, 9.17) is 5.21 Å². The summed E-state index contributed by atoms with van der Waals surface area (Å²) in [5.41, 5.74) is 3.17. The second-order valence-corrected chi connectivity index (χ2v) is 4.70. The first-order valence-corrected chi connectivity index (χ1v) is 6.35. The van der Waals surface area contributed by atoms with Crippen LogP contribution in [-0.2, 0) is 0 Å². The Morgan fingerprint density at radius 2 is 2.41 bits per heavy atom. The van der Waals surface area contributed by atoms with Gasteiger partial charge in [-0.3, -0.25) is 10.0 Å². The molecule has 1 heterocycles. The van der Waals surface area contributed by atoms with E-state index in [2.05, 4.69) is 17.2 Å². The van der Waals surface area contributed by atoms with Gasteiger partial charge in [0.25, 0.3) is 5.91 Å². The van der Waals surface area contributed by atoms with E-state index in [1.54, 1.807) is 29.4 Å². The highest BCUT2D eigenvalue weighted by Crippen LogP contribution is 2.27. The zero-order chi connectivity index (χ0) is 12.3. The first-order chi connectivity index (χ1) is 8.22. The Morgan fingerprint density at radius 1 is 1.59 bits per heavy atom. The summed E-state index contributed by atoms with van der Waals surface area (Å²) < 4.78 is 0. The molecule has 0 bridgehead atoms. The second kappa shape index (κ2) is 5.25. The Bertz CT molecular complexity index is 448. The minimum absolute atomic E-state index is 0.215. The van der Waals surface area contributed by atoms with Gasteiger partial charge in [0, 0.05) is 11.8 Å². The van der Waals surface area contributed by atoms with Gasteiger partial charge in [-0.25, -0.2) is 5.48 Å². The number of hydroxylamine groups is 1. The number of amides is 1. The maximum atomic E-state index is 11.3. The van der Waals surface area contributed by atoms with Gasteiger partial charge in [-0.1, -0.05) is 12.1 Å². The molecule has 0 fully saturated rings. The molecule has 0 saturated carbocycles. The third kappa shape index (κ3) is 2.62. The maximum absolute atomic E-state index is 11.3. The monoisotopic (exact) mass is 250 g/mol. The minimum Gasteiger partial charge on any atom is -0.361 e. The molecule has 17 heavy (non-hydrogen) atoms. The van der Waals surface area contributed by atoms with Crippen LogP contribution in [0.1, 0.15) is 28.9 Å². The molecule has 2 N–H and O–H groups in total. The fourth-order valence-corrected chi connectivity index (χ4v) is 2.54. The average Bonchev–Trinajstić information content (AvgIpc) is 2.91. The molecule has 1 aromatic rings. The highest BCUT2D eigenvalue weighted by Gasteiger charge is 2.16. The van der Waals surface area contributed by atoms with E-state index >= 15 is 0 Å². The van der Waals surface area contributed by atoms with Crippen molar-refractivity contribution in [3.05, 3.63) is 47.0 Å². The van der Waals surface area contributed by atoms with Crippen LogP contribution in [0.2, 0.25) is 0 Å². The number of thioether (sulfide) groups is 1. The molecule has 0 spiro atoms. The molecule has 1 aliphatic rings. The molecule has 90 valence electrons.